The van der Waals surface area contributed by atoms with Gasteiger partial charge in [0.1, 0.15) is 11.6 Å². The summed E-state index contributed by atoms with van der Waals surface area (Å²) in [5.74, 6) is -0.506. The molecule has 0 fully saturated rings. The summed E-state index contributed by atoms with van der Waals surface area (Å²) in [6.07, 6.45) is 1.41. The van der Waals surface area contributed by atoms with Crippen molar-refractivity contribution in [2.24, 2.45) is 0 Å². The summed E-state index contributed by atoms with van der Waals surface area (Å²) in [5, 5.41) is 11.8. The Hall–Kier alpha value is -5.57. The van der Waals surface area contributed by atoms with E-state index in [1.165, 1.54) is 18.3 Å². The Morgan fingerprint density at radius 2 is 1.39 bits per heavy atom. The molecule has 0 radical (unpaired) electrons. The van der Waals surface area contributed by atoms with E-state index in [-0.39, 0.29) is 43.4 Å². The summed E-state index contributed by atoms with van der Waals surface area (Å²) in [6.45, 7) is 8.79. The van der Waals surface area contributed by atoms with Crippen molar-refractivity contribution in [1.29, 1.82) is 0 Å². The predicted molar refractivity (Wildman–Crippen MR) is 266 cm³/mol. The van der Waals surface area contributed by atoms with Crippen molar-refractivity contribution < 1.29 is 45.4 Å². The number of aromatic hydroxyl groups is 1. The molecule has 0 unspecified atom stereocenters. The summed E-state index contributed by atoms with van der Waals surface area (Å²) in [7, 11) is 0. The van der Waals surface area contributed by atoms with E-state index in [4.69, 9.17) is 22.8 Å². The fourth-order valence-electron chi connectivity index (χ4n) is 8.24. The normalized spacial score (nSPS) is 16.2. The van der Waals surface area contributed by atoms with E-state index in [9.17, 15) is 6.48 Å². The van der Waals surface area contributed by atoms with Crippen LogP contribution in [0.5, 0.6) is 5.75 Å². The molecule has 0 aliphatic heterocycles. The van der Waals surface area contributed by atoms with Crippen molar-refractivity contribution in [3.05, 3.63) is 167 Å². The first kappa shape index (κ1) is 31.3. The van der Waals surface area contributed by atoms with Crippen LogP contribution in [0.4, 0.5) is 0 Å². The first-order valence-corrected chi connectivity index (χ1v) is 21.1. The number of nitrogens with zero attached hydrogens (tertiary/aromatic N) is 3. The first-order valence-electron chi connectivity index (χ1n) is 28.1. The largest absolute Gasteiger partial charge is 0.507 e. The number of hydrogen-bond donors (Lipinski definition) is 1. The van der Waals surface area contributed by atoms with Crippen LogP contribution >= 0.6 is 0 Å². The predicted octanol–water partition coefficient (Wildman–Crippen LogP) is 15.9. The van der Waals surface area contributed by atoms with Gasteiger partial charge >= 0.3 is 0 Å². The van der Waals surface area contributed by atoms with Crippen molar-refractivity contribution in [2.45, 2.75) is 112 Å². The smallest absolute Gasteiger partial charge is 0.148 e. The van der Waals surface area contributed by atoms with Gasteiger partial charge in [-0.1, -0.05) is 166 Å². The maximum absolute atomic E-state index is 11.8. The number of pyridine rings is 1. The van der Waals surface area contributed by atoms with Crippen LogP contribution in [0.2, 0.25) is 0 Å². The minimum absolute atomic E-state index is 0. The molecule has 0 bridgehead atoms. The number of hydrogen-bond acceptors (Lipinski definition) is 3. The molecule has 6 aromatic carbocycles. The van der Waals surface area contributed by atoms with Crippen LogP contribution in [0, 0.1) is 19.9 Å². The SMILES string of the molecule is [2H]c1c([2H])c(C(C([2H])([2H])[2H])(C([2H])([2H])[2H])C([2H])([2H])[2H])c([2H])c([2H])c1-c1ccnc(-c2[c-]c(-c3cccc4c3nc(-c3cc(C)cc(C)c3O)n4-c3ccc(-c4ccccc4C(C)(C)C)c(C([2H])(C)C)c3)cc(C(C)(C)C)c2)c1.[Pt]. The zero-order valence-corrected chi connectivity index (χ0v) is 40.2. The van der Waals surface area contributed by atoms with Crippen LogP contribution in [0.1, 0.15) is 134 Å². The van der Waals surface area contributed by atoms with Gasteiger partial charge in [0.2, 0.25) is 0 Å². The van der Waals surface area contributed by atoms with E-state index in [2.05, 4.69) is 70.8 Å². The van der Waals surface area contributed by atoms with Crippen molar-refractivity contribution in [3.63, 3.8) is 0 Å². The average molecular weight is 1040 g/mol. The Balaban J connectivity index is 0.00000882. The molecule has 330 valence electrons. The number of phenolic OH excluding ortho intramolecular Hbond substituents is 1. The van der Waals surface area contributed by atoms with Crippen molar-refractivity contribution >= 4 is 11.0 Å². The van der Waals surface area contributed by atoms with Gasteiger partial charge < -0.3 is 5.11 Å². The third kappa shape index (κ3) is 9.05. The van der Waals surface area contributed by atoms with Gasteiger partial charge in [-0.25, -0.2) is 4.98 Å². The molecular weight excluding hydrogens is 962 g/mol. The van der Waals surface area contributed by atoms with Crippen molar-refractivity contribution in [1.82, 2.24) is 14.5 Å². The van der Waals surface area contributed by atoms with Gasteiger partial charge in [0.15, 0.2) is 0 Å². The zero-order valence-electron chi connectivity index (χ0n) is 51.9. The molecule has 0 aliphatic carbocycles. The Labute approximate surface area is 415 Å². The van der Waals surface area contributed by atoms with Gasteiger partial charge in [-0.05, 0) is 116 Å². The van der Waals surface area contributed by atoms with Gasteiger partial charge in [-0.15, -0.1) is 29.3 Å². The molecule has 8 aromatic rings. The number of fused-ring (bicyclic) bond motifs is 1. The molecule has 1 N–H and O–H groups in total. The van der Waals surface area contributed by atoms with E-state index < -0.39 is 67.0 Å². The van der Waals surface area contributed by atoms with Gasteiger partial charge in [0.25, 0.3) is 0 Å². The van der Waals surface area contributed by atoms with E-state index >= 15 is 0 Å². The van der Waals surface area contributed by atoms with Gasteiger partial charge in [0.05, 0.1) is 22.1 Å². The number of imidazole rings is 1. The molecule has 8 rings (SSSR count). The average Bonchev–Trinajstić information content (AvgIpc) is 3.85. The second-order valence-corrected chi connectivity index (χ2v) is 18.8. The van der Waals surface area contributed by atoms with Gasteiger partial charge in [-0.3, -0.25) is 9.55 Å². The molecule has 0 amide bonds. The first-order chi connectivity index (χ1) is 35.4. The Bertz CT molecular complexity index is 3580. The molecule has 0 saturated carbocycles. The van der Waals surface area contributed by atoms with E-state index in [0.717, 1.165) is 39.1 Å². The fourth-order valence-corrected chi connectivity index (χ4v) is 8.24. The zero-order chi connectivity index (χ0) is 57.1. The van der Waals surface area contributed by atoms with E-state index in [0.29, 0.717) is 50.4 Å². The molecule has 4 nitrogen and oxygen atoms in total. The fraction of sp³-hybridized carbons (Fsp3) is 0.288. The molecule has 0 aliphatic rings. The number of aryl methyl sites for hydroxylation is 2. The maximum atomic E-state index is 11.8. The molecule has 0 spiro atoms. The topological polar surface area (TPSA) is 50.9 Å². The van der Waals surface area contributed by atoms with Crippen molar-refractivity contribution in [2.75, 3.05) is 0 Å². The van der Waals surface area contributed by atoms with Crippen LogP contribution in [-0.2, 0) is 37.3 Å². The third-order valence-corrected chi connectivity index (χ3v) is 11.5. The summed E-state index contributed by atoms with van der Waals surface area (Å²) in [5.41, 5.74) is 5.12. The summed E-state index contributed by atoms with van der Waals surface area (Å²) < 4.78 is 122. The molecule has 5 heteroatoms. The number of benzene rings is 6. The Kier molecular flexibility index (Phi) is 8.53. The second-order valence-electron chi connectivity index (χ2n) is 18.8. The van der Waals surface area contributed by atoms with Crippen LogP contribution in [0.15, 0.2) is 127 Å². The van der Waals surface area contributed by atoms with Crippen molar-refractivity contribution in [3.8, 4) is 67.5 Å². The number of aromatic nitrogens is 3. The standard InChI is InChI=1S/C59H62N3O.Pt/c1-36(2)49-35-45(25-26-47(49)48-17-14-15-19-51(48)59(11,12)13)62-53-20-16-18-46(54(53)61-56(62)50-30-37(3)29-38(4)55(50)63)41-31-42(33-44(32-41)58(8,9)10)52-34-40(27-28-60-52)39-21-23-43(24-22-39)57(5,6)7;/h14-30,32-36,63H,1-13H3;/q-1;/i5D3,6D3,7D3,21D,22D,23D,24D,36D;. The minimum atomic E-state index is -3.82. The quantitative estimate of drug-likeness (QED) is 0.162. The molecule has 0 atom stereocenters. The number of phenols is 1. The van der Waals surface area contributed by atoms with Crippen LogP contribution in [0.3, 0.4) is 0 Å². The summed E-state index contributed by atoms with van der Waals surface area (Å²) in [4.78, 5) is 10.1. The Morgan fingerprint density at radius 3 is 2.08 bits per heavy atom. The number of para-hydroxylation sites is 1. The van der Waals surface area contributed by atoms with Gasteiger partial charge in [-0.2, -0.15) is 0 Å². The maximum Gasteiger partial charge on any atom is 0.148 e. The molecule has 2 heterocycles. The summed E-state index contributed by atoms with van der Waals surface area (Å²) in [6, 6.07) is 30.6. The molecular formula is C59H62N3OPt-. The monoisotopic (exact) mass is 1040 g/mol. The number of rotatable bonds is 7. The van der Waals surface area contributed by atoms with E-state index in [1.54, 1.807) is 0 Å². The van der Waals surface area contributed by atoms with Crippen LogP contribution in [0.25, 0.3) is 72.7 Å². The van der Waals surface area contributed by atoms with Crippen LogP contribution in [-0.4, -0.2) is 19.6 Å². The van der Waals surface area contributed by atoms with Gasteiger partial charge in [0, 0.05) is 52.4 Å². The third-order valence-electron chi connectivity index (χ3n) is 11.5. The summed E-state index contributed by atoms with van der Waals surface area (Å²) >= 11 is 0. The van der Waals surface area contributed by atoms with Crippen LogP contribution < -0.4 is 0 Å². The molecule has 64 heavy (non-hydrogen) atoms. The van der Waals surface area contributed by atoms with E-state index in [1.807, 2.05) is 99.0 Å². The Morgan fingerprint density at radius 1 is 0.688 bits per heavy atom. The molecule has 0 saturated heterocycles. The molecule has 2 aromatic heterocycles. The minimum Gasteiger partial charge on any atom is -0.507 e. The second kappa shape index (κ2) is 17.4.